The highest BCUT2D eigenvalue weighted by Crippen LogP contribution is 2.37. The maximum Gasteiger partial charge on any atom is 0.377 e. The fraction of sp³-hybridized carbons (Fsp3) is 0.278. The molecule has 0 aliphatic carbocycles. The summed E-state index contributed by atoms with van der Waals surface area (Å²) in [6.07, 6.45) is -0.535. The number of amides is 1. The molecule has 0 bridgehead atoms. The van der Waals surface area contributed by atoms with Crippen molar-refractivity contribution in [1.82, 2.24) is 10.0 Å². The van der Waals surface area contributed by atoms with Crippen LogP contribution in [0.5, 0.6) is 0 Å². The number of benzene rings is 1. The number of thiophene rings is 1. The summed E-state index contributed by atoms with van der Waals surface area (Å²) in [5.74, 6) is -0.809. The molecule has 1 aromatic heterocycles. The van der Waals surface area contributed by atoms with Crippen LogP contribution in [0.2, 0.25) is 5.02 Å². The van der Waals surface area contributed by atoms with Gasteiger partial charge in [-0.05, 0) is 42.6 Å². The number of hydrazine groups is 1. The maximum atomic E-state index is 12.5. The van der Waals surface area contributed by atoms with Crippen LogP contribution < -0.4 is 5.01 Å². The lowest BCUT2D eigenvalue weighted by Crippen LogP contribution is -2.58. The number of halogens is 1. The molecule has 0 N–H and O–H groups in total. The van der Waals surface area contributed by atoms with Crippen molar-refractivity contribution in [2.45, 2.75) is 20.0 Å². The van der Waals surface area contributed by atoms with E-state index in [2.05, 4.69) is 5.10 Å². The van der Waals surface area contributed by atoms with Gasteiger partial charge in [0, 0.05) is 19.0 Å². The van der Waals surface area contributed by atoms with E-state index in [0.29, 0.717) is 10.7 Å². The van der Waals surface area contributed by atoms with E-state index in [9.17, 15) is 9.59 Å². The first kappa shape index (κ1) is 19.2. The van der Waals surface area contributed by atoms with Gasteiger partial charge in [-0.25, -0.2) is 14.8 Å². The van der Waals surface area contributed by atoms with Crippen LogP contribution in [0.15, 0.2) is 46.9 Å². The molecule has 0 saturated carbocycles. The zero-order chi connectivity index (χ0) is 19.6. The number of likely N-dealkylation sites (N-methyl/N-ethyl adjacent to an activating group) is 1. The zero-order valence-corrected chi connectivity index (χ0v) is 16.7. The van der Waals surface area contributed by atoms with E-state index in [1.54, 1.807) is 43.2 Å². The molecule has 1 atom stereocenters. The van der Waals surface area contributed by atoms with Gasteiger partial charge in [-0.15, -0.1) is 16.4 Å². The van der Waals surface area contributed by atoms with Crippen molar-refractivity contribution >= 4 is 46.3 Å². The van der Waals surface area contributed by atoms with Crippen molar-refractivity contribution < 1.29 is 14.3 Å². The molecule has 1 aliphatic heterocycles. The summed E-state index contributed by atoms with van der Waals surface area (Å²) in [6.45, 7) is 3.38. The smallest absolute Gasteiger partial charge is 0.377 e. The first-order chi connectivity index (χ1) is 12.9. The Morgan fingerprint density at radius 3 is 2.52 bits per heavy atom. The first-order valence-corrected chi connectivity index (χ1v) is 9.57. The molecule has 27 heavy (non-hydrogen) atoms. The molecule has 2 heterocycles. The molecule has 0 radical (unpaired) electrons. The van der Waals surface area contributed by atoms with Crippen LogP contribution >= 0.6 is 22.9 Å². The lowest BCUT2D eigenvalue weighted by atomic mass is 10.2. The van der Waals surface area contributed by atoms with Gasteiger partial charge >= 0.3 is 5.97 Å². The summed E-state index contributed by atoms with van der Waals surface area (Å²) in [5, 5.41) is 11.6. The number of ether oxygens (including phenoxy) is 1. The fourth-order valence-corrected chi connectivity index (χ4v) is 3.73. The van der Waals surface area contributed by atoms with Gasteiger partial charge in [-0.3, -0.25) is 9.80 Å². The fourth-order valence-electron chi connectivity index (χ4n) is 2.82. The van der Waals surface area contributed by atoms with Gasteiger partial charge < -0.3 is 4.74 Å². The zero-order valence-electron chi connectivity index (χ0n) is 15.1. The molecule has 0 spiro atoms. The van der Waals surface area contributed by atoms with Crippen molar-refractivity contribution in [2.75, 3.05) is 18.7 Å². The number of anilines is 1. The quantitative estimate of drug-likeness (QED) is 0.727. The molecule has 7 nitrogen and oxygen atoms in total. The molecule has 1 unspecified atom stereocenters. The van der Waals surface area contributed by atoms with Crippen molar-refractivity contribution in [3.63, 3.8) is 0 Å². The standard InChI is InChI=1S/C18H19ClN4O3S/c1-4-26-18(25)16-20-22(14-9-7-13(19)8-10-14)17(15-6-5-11-27-15)23(12(2)24)21(16)3/h5-11,17H,4H2,1-3H3. The summed E-state index contributed by atoms with van der Waals surface area (Å²) in [4.78, 5) is 25.8. The average Bonchev–Trinajstić information content (AvgIpc) is 3.16. The molecule has 3 rings (SSSR count). The Labute approximate surface area is 166 Å². The minimum Gasteiger partial charge on any atom is -0.460 e. The third kappa shape index (κ3) is 3.77. The van der Waals surface area contributed by atoms with Crippen LogP contribution in [0.1, 0.15) is 24.9 Å². The van der Waals surface area contributed by atoms with Gasteiger partial charge in [0.2, 0.25) is 5.91 Å². The van der Waals surface area contributed by atoms with E-state index < -0.39 is 12.1 Å². The number of rotatable bonds is 4. The second-order valence-corrected chi connectivity index (χ2v) is 7.16. The third-order valence-electron chi connectivity index (χ3n) is 3.96. The van der Waals surface area contributed by atoms with Gasteiger partial charge in [0.05, 0.1) is 17.2 Å². The van der Waals surface area contributed by atoms with Crippen LogP contribution in [0, 0.1) is 0 Å². The number of hydrogen-bond donors (Lipinski definition) is 0. The van der Waals surface area contributed by atoms with Crippen LogP contribution in [-0.4, -0.2) is 41.4 Å². The molecule has 0 saturated heterocycles. The molecule has 2 aromatic rings. The molecule has 1 amide bonds. The van der Waals surface area contributed by atoms with Crippen LogP contribution in [0.3, 0.4) is 0 Å². The number of hydrogen-bond acceptors (Lipinski definition) is 7. The predicted octanol–water partition coefficient (Wildman–Crippen LogP) is 3.49. The summed E-state index contributed by atoms with van der Waals surface area (Å²) >= 11 is 7.51. The molecular formula is C18H19ClN4O3S. The second-order valence-electron chi connectivity index (χ2n) is 5.74. The highest BCUT2D eigenvalue weighted by atomic mass is 35.5. The van der Waals surface area contributed by atoms with E-state index in [-0.39, 0.29) is 18.3 Å². The minimum atomic E-state index is -0.602. The Balaban J connectivity index is 2.17. The van der Waals surface area contributed by atoms with Crippen molar-refractivity contribution in [3.8, 4) is 0 Å². The van der Waals surface area contributed by atoms with Crippen LogP contribution in [-0.2, 0) is 14.3 Å². The average molecular weight is 407 g/mol. The van der Waals surface area contributed by atoms with Crippen LogP contribution in [0.25, 0.3) is 0 Å². The highest BCUT2D eigenvalue weighted by Gasteiger charge is 2.41. The topological polar surface area (TPSA) is 65.5 Å². The van der Waals surface area contributed by atoms with Gasteiger partial charge in [-0.2, -0.15) is 0 Å². The molecule has 1 aromatic carbocycles. The number of hydrazone groups is 1. The van der Waals surface area contributed by atoms with Gasteiger partial charge in [-0.1, -0.05) is 17.7 Å². The Bertz CT molecular complexity index is 854. The van der Waals surface area contributed by atoms with Crippen LogP contribution in [0.4, 0.5) is 5.69 Å². The molecular weight excluding hydrogens is 388 g/mol. The van der Waals surface area contributed by atoms with E-state index in [4.69, 9.17) is 16.3 Å². The van der Waals surface area contributed by atoms with Gasteiger partial charge in [0.1, 0.15) is 0 Å². The van der Waals surface area contributed by atoms with E-state index in [1.165, 1.54) is 28.3 Å². The van der Waals surface area contributed by atoms with Crippen molar-refractivity contribution in [2.24, 2.45) is 5.10 Å². The van der Waals surface area contributed by atoms with Gasteiger partial charge in [0.25, 0.3) is 5.84 Å². The molecule has 1 aliphatic rings. The number of nitrogens with zero attached hydrogens (tertiary/aromatic N) is 4. The second kappa shape index (κ2) is 7.98. The normalized spacial score (nSPS) is 17.0. The number of carbonyl (C=O) groups is 2. The SMILES string of the molecule is CCOC(=O)C1=NN(c2ccc(Cl)cc2)C(c2cccs2)N(C(C)=O)N1C. The summed E-state index contributed by atoms with van der Waals surface area (Å²) in [5.41, 5.74) is 0.693. The van der Waals surface area contributed by atoms with Gasteiger partial charge in [0.15, 0.2) is 6.17 Å². The minimum absolute atomic E-state index is 0.0230. The predicted molar refractivity (Wildman–Crippen MR) is 105 cm³/mol. The Morgan fingerprint density at radius 1 is 1.26 bits per heavy atom. The Kier molecular flexibility index (Phi) is 5.67. The number of amidine groups is 1. The summed E-state index contributed by atoms with van der Waals surface area (Å²) in [6, 6.07) is 10.9. The molecule has 142 valence electrons. The maximum absolute atomic E-state index is 12.5. The molecule has 0 fully saturated rings. The monoisotopic (exact) mass is 406 g/mol. The van der Waals surface area contributed by atoms with Crippen molar-refractivity contribution in [1.29, 1.82) is 0 Å². The summed E-state index contributed by atoms with van der Waals surface area (Å²) in [7, 11) is 1.62. The molecule has 9 heteroatoms. The Morgan fingerprint density at radius 2 is 1.96 bits per heavy atom. The third-order valence-corrected chi connectivity index (χ3v) is 5.13. The highest BCUT2D eigenvalue weighted by molar-refractivity contribution is 7.10. The van der Waals surface area contributed by atoms with E-state index in [0.717, 1.165) is 4.88 Å². The van der Waals surface area contributed by atoms with Crippen molar-refractivity contribution in [3.05, 3.63) is 51.7 Å². The Hall–Kier alpha value is -2.58. The lowest BCUT2D eigenvalue weighted by Gasteiger charge is -2.45. The number of esters is 1. The largest absolute Gasteiger partial charge is 0.460 e. The van der Waals surface area contributed by atoms with E-state index in [1.807, 2.05) is 17.5 Å². The lowest BCUT2D eigenvalue weighted by molar-refractivity contribution is -0.147. The summed E-state index contributed by atoms with van der Waals surface area (Å²) < 4.78 is 5.11. The first-order valence-electron chi connectivity index (χ1n) is 8.31. The number of carbonyl (C=O) groups excluding carboxylic acids is 2. The van der Waals surface area contributed by atoms with E-state index >= 15 is 0 Å².